The maximum Gasteiger partial charge on any atom is 0.125 e. The van der Waals surface area contributed by atoms with Crippen molar-refractivity contribution in [3.05, 3.63) is 29.8 Å². The third-order valence-electron chi connectivity index (χ3n) is 1.46. The van der Waals surface area contributed by atoms with Crippen molar-refractivity contribution in [1.82, 2.24) is 0 Å². The van der Waals surface area contributed by atoms with Crippen LogP contribution in [0.1, 0.15) is 0 Å². The van der Waals surface area contributed by atoms with E-state index in [1.54, 1.807) is 0 Å². The minimum atomic E-state index is -1.02. The number of benzene rings is 1. The smallest absolute Gasteiger partial charge is 0.125 e. The van der Waals surface area contributed by atoms with Crippen LogP contribution in [0.15, 0.2) is 18.2 Å². The minimum absolute atomic E-state index is 0. The van der Waals surface area contributed by atoms with Crippen molar-refractivity contribution in [2.24, 2.45) is 0 Å². The zero-order valence-electron chi connectivity index (χ0n) is 6.90. The maximum atomic E-state index is 12.9. The van der Waals surface area contributed by atoms with E-state index in [0.717, 1.165) is 0 Å². The molecule has 67 valence electrons. The molecule has 0 amide bonds. The van der Waals surface area contributed by atoms with Gasteiger partial charge in [0.05, 0.1) is 8.80 Å². The summed E-state index contributed by atoms with van der Waals surface area (Å²) in [6.07, 6.45) is 0. The molecule has 1 radical (unpaired) electrons. The standard InChI is InChI=1S/C8H9F2Si.FH/c1-11(2)8-6(9)4-3-5-7(8)10;/h3-5H,1-2H3;1H. The molecule has 1 aromatic carbocycles. The fourth-order valence-corrected chi connectivity index (χ4v) is 2.10. The highest BCUT2D eigenvalue weighted by molar-refractivity contribution is 6.70. The first-order valence-corrected chi connectivity index (χ1v) is 5.87. The second kappa shape index (κ2) is 4.30. The van der Waals surface area contributed by atoms with Gasteiger partial charge in [0.1, 0.15) is 11.6 Å². The lowest BCUT2D eigenvalue weighted by atomic mass is 10.3. The van der Waals surface area contributed by atoms with Crippen molar-refractivity contribution in [2.75, 3.05) is 0 Å². The van der Waals surface area contributed by atoms with Crippen LogP contribution in [0.25, 0.3) is 0 Å². The summed E-state index contributed by atoms with van der Waals surface area (Å²) in [5.41, 5.74) is 0. The van der Waals surface area contributed by atoms with Gasteiger partial charge in [-0.15, -0.1) is 0 Å². The van der Waals surface area contributed by atoms with Gasteiger partial charge >= 0.3 is 0 Å². The number of halogens is 3. The molecular formula is C8H10F3Si. The highest BCUT2D eigenvalue weighted by Gasteiger charge is 2.12. The molecule has 0 aliphatic rings. The summed E-state index contributed by atoms with van der Waals surface area (Å²) in [4.78, 5) is 0. The minimum Gasteiger partial charge on any atom is -0.269 e. The fourth-order valence-electron chi connectivity index (χ4n) is 0.975. The van der Waals surface area contributed by atoms with E-state index in [-0.39, 0.29) is 9.89 Å². The van der Waals surface area contributed by atoms with Gasteiger partial charge in [-0.3, -0.25) is 4.70 Å². The van der Waals surface area contributed by atoms with Gasteiger partial charge in [0.25, 0.3) is 0 Å². The Kier molecular flexibility index (Phi) is 4.02. The molecule has 0 nitrogen and oxygen atoms in total. The zero-order valence-corrected chi connectivity index (χ0v) is 7.90. The Hall–Kier alpha value is -0.773. The molecule has 0 aliphatic carbocycles. The van der Waals surface area contributed by atoms with Gasteiger partial charge in [0, 0.05) is 5.19 Å². The number of hydrogen-bond donors (Lipinski definition) is 0. The quantitative estimate of drug-likeness (QED) is 0.596. The van der Waals surface area contributed by atoms with Crippen LogP contribution in [0.5, 0.6) is 0 Å². The van der Waals surface area contributed by atoms with Crippen molar-refractivity contribution in [3.63, 3.8) is 0 Å². The van der Waals surface area contributed by atoms with Gasteiger partial charge in [-0.2, -0.15) is 0 Å². The molecule has 0 spiro atoms. The molecule has 4 heteroatoms. The fraction of sp³-hybridized carbons (Fsp3) is 0.250. The van der Waals surface area contributed by atoms with Gasteiger partial charge in [-0.1, -0.05) is 19.2 Å². The van der Waals surface area contributed by atoms with Crippen LogP contribution in [0.2, 0.25) is 13.1 Å². The van der Waals surface area contributed by atoms with Crippen molar-refractivity contribution < 1.29 is 13.5 Å². The molecule has 1 aromatic rings. The Bertz CT molecular complexity index is 240. The summed E-state index contributed by atoms with van der Waals surface area (Å²) < 4.78 is 25.8. The molecular weight excluding hydrogens is 181 g/mol. The van der Waals surface area contributed by atoms with Crippen LogP contribution < -0.4 is 5.19 Å². The molecule has 0 heterocycles. The average molecular weight is 191 g/mol. The lowest BCUT2D eigenvalue weighted by Gasteiger charge is -2.05. The predicted molar refractivity (Wildman–Crippen MR) is 46.0 cm³/mol. The largest absolute Gasteiger partial charge is 0.269 e. The summed E-state index contributed by atoms with van der Waals surface area (Å²) in [7, 11) is -1.02. The van der Waals surface area contributed by atoms with Crippen LogP contribution in [0, 0.1) is 11.6 Å². The molecule has 0 atom stereocenters. The third kappa shape index (κ3) is 2.10. The van der Waals surface area contributed by atoms with Gasteiger partial charge in [-0.25, -0.2) is 8.78 Å². The number of hydrogen-bond acceptors (Lipinski definition) is 0. The van der Waals surface area contributed by atoms with Gasteiger partial charge in [-0.05, 0) is 12.1 Å². The van der Waals surface area contributed by atoms with Gasteiger partial charge in [0.2, 0.25) is 0 Å². The molecule has 0 aliphatic heterocycles. The summed E-state index contributed by atoms with van der Waals surface area (Å²) in [6, 6.07) is 3.99. The lowest BCUT2D eigenvalue weighted by molar-refractivity contribution is 0.597. The Labute approximate surface area is 71.2 Å². The maximum absolute atomic E-state index is 12.9. The third-order valence-corrected chi connectivity index (χ3v) is 2.94. The van der Waals surface area contributed by atoms with Crippen molar-refractivity contribution >= 4 is 14.0 Å². The van der Waals surface area contributed by atoms with Crippen molar-refractivity contribution in [1.29, 1.82) is 0 Å². The van der Waals surface area contributed by atoms with E-state index >= 15 is 0 Å². The van der Waals surface area contributed by atoms with Crippen molar-refractivity contribution in [3.8, 4) is 0 Å². The van der Waals surface area contributed by atoms with E-state index in [9.17, 15) is 8.78 Å². The first kappa shape index (κ1) is 11.2. The second-order valence-corrected chi connectivity index (χ2v) is 5.10. The van der Waals surface area contributed by atoms with Gasteiger partial charge in [0.15, 0.2) is 0 Å². The Morgan fingerprint density at radius 1 is 1.08 bits per heavy atom. The molecule has 0 saturated carbocycles. The average Bonchev–Trinajstić information content (AvgIpc) is 1.85. The molecule has 1 rings (SSSR count). The topological polar surface area (TPSA) is 0 Å². The highest BCUT2D eigenvalue weighted by Crippen LogP contribution is 2.00. The SMILES string of the molecule is C[Si](C)c1c(F)cccc1F.F. The van der Waals surface area contributed by atoms with Crippen LogP contribution in [0.4, 0.5) is 13.5 Å². The molecule has 0 N–H and O–H groups in total. The Morgan fingerprint density at radius 2 is 1.50 bits per heavy atom. The van der Waals surface area contributed by atoms with Crippen LogP contribution >= 0.6 is 0 Å². The zero-order chi connectivity index (χ0) is 8.43. The van der Waals surface area contributed by atoms with E-state index in [1.165, 1.54) is 18.2 Å². The predicted octanol–water partition coefficient (Wildman–Crippen LogP) is 2.08. The van der Waals surface area contributed by atoms with E-state index < -0.39 is 20.4 Å². The Morgan fingerprint density at radius 3 is 1.75 bits per heavy atom. The molecule has 12 heavy (non-hydrogen) atoms. The molecule has 0 saturated heterocycles. The second-order valence-electron chi connectivity index (χ2n) is 2.60. The first-order chi connectivity index (χ1) is 5.13. The summed E-state index contributed by atoms with van der Waals surface area (Å²) in [5.74, 6) is -0.826. The molecule has 0 unspecified atom stereocenters. The van der Waals surface area contributed by atoms with Crippen LogP contribution in [-0.2, 0) is 0 Å². The number of rotatable bonds is 1. The molecule has 0 aromatic heterocycles. The van der Waals surface area contributed by atoms with E-state index in [1.807, 2.05) is 13.1 Å². The molecule has 0 fully saturated rings. The van der Waals surface area contributed by atoms with E-state index in [4.69, 9.17) is 0 Å². The van der Waals surface area contributed by atoms with E-state index in [0.29, 0.717) is 0 Å². The lowest BCUT2D eigenvalue weighted by Crippen LogP contribution is -2.29. The van der Waals surface area contributed by atoms with E-state index in [2.05, 4.69) is 0 Å². The summed E-state index contributed by atoms with van der Waals surface area (Å²) in [5, 5.41) is 0.275. The normalized spacial score (nSPS) is 9.75. The van der Waals surface area contributed by atoms with Crippen LogP contribution in [0.3, 0.4) is 0 Å². The van der Waals surface area contributed by atoms with Gasteiger partial charge < -0.3 is 0 Å². The van der Waals surface area contributed by atoms with Crippen molar-refractivity contribution in [2.45, 2.75) is 13.1 Å². The molecule has 0 bridgehead atoms. The summed E-state index contributed by atoms with van der Waals surface area (Å²) >= 11 is 0. The first-order valence-electron chi connectivity index (χ1n) is 3.37. The monoisotopic (exact) mass is 191 g/mol. The highest BCUT2D eigenvalue weighted by atomic mass is 28.3. The van der Waals surface area contributed by atoms with Crippen LogP contribution in [-0.4, -0.2) is 8.80 Å². The Balaban J connectivity index is 0.00000121. The summed E-state index contributed by atoms with van der Waals surface area (Å²) in [6.45, 7) is 3.73.